The Morgan fingerprint density at radius 3 is 2.33 bits per heavy atom. The highest BCUT2D eigenvalue weighted by Crippen LogP contribution is 2.34. The Morgan fingerprint density at radius 1 is 1.10 bits per heavy atom. The van der Waals surface area contributed by atoms with Crippen LogP contribution < -0.4 is 10.5 Å². The van der Waals surface area contributed by atoms with E-state index in [9.17, 15) is 26.4 Å². The van der Waals surface area contributed by atoms with E-state index in [0.717, 1.165) is 5.56 Å². The van der Waals surface area contributed by atoms with Crippen molar-refractivity contribution >= 4 is 26.8 Å². The first-order valence-electron chi connectivity index (χ1n) is 13.3. The summed E-state index contributed by atoms with van der Waals surface area (Å²) in [5, 5.41) is 4.83. The van der Waals surface area contributed by atoms with Crippen molar-refractivity contribution in [3.05, 3.63) is 60.0 Å². The van der Waals surface area contributed by atoms with Gasteiger partial charge in [-0.1, -0.05) is 0 Å². The lowest BCUT2D eigenvalue weighted by molar-refractivity contribution is -0.274. The van der Waals surface area contributed by atoms with Gasteiger partial charge in [-0.15, -0.1) is 13.2 Å². The first-order valence-corrected chi connectivity index (χ1v) is 15.1. The highest BCUT2D eigenvalue weighted by molar-refractivity contribution is 7.91. The molecule has 1 aliphatic rings. The number of aromatic nitrogens is 4. The minimum absolute atomic E-state index is 0.124. The van der Waals surface area contributed by atoms with E-state index in [1.165, 1.54) is 24.3 Å². The topological polar surface area (TPSA) is 125 Å². The molecule has 0 saturated carbocycles. The summed E-state index contributed by atoms with van der Waals surface area (Å²) >= 11 is 0. The molecule has 1 aliphatic heterocycles. The van der Waals surface area contributed by atoms with E-state index in [4.69, 9.17) is 10.7 Å². The number of nitrogens with two attached hydrogens (primary N) is 1. The fourth-order valence-corrected chi connectivity index (χ4v) is 6.51. The predicted molar refractivity (Wildman–Crippen MR) is 151 cm³/mol. The fourth-order valence-electron chi connectivity index (χ4n) is 5.31. The number of amides is 1. The molecular weight excluding hydrogens is 573 g/mol. The monoisotopic (exact) mass is 604 g/mol. The molecule has 0 spiro atoms. The molecule has 10 nitrogen and oxygen atoms in total. The van der Waals surface area contributed by atoms with Gasteiger partial charge in [-0.05, 0) is 62.6 Å². The number of fused-ring (bicyclic) bond motifs is 1. The molecule has 1 saturated heterocycles. The average Bonchev–Trinajstić information content (AvgIpc) is 3.49. The summed E-state index contributed by atoms with van der Waals surface area (Å²) in [5.41, 5.74) is 8.56. The van der Waals surface area contributed by atoms with Crippen molar-refractivity contribution in [1.82, 2.24) is 24.2 Å². The number of halogens is 3. The third-order valence-corrected chi connectivity index (χ3v) is 9.27. The zero-order valence-electron chi connectivity index (χ0n) is 23.3. The molecular formula is C28H31F3N6O4S. The fraction of sp³-hybridized carbons (Fsp3) is 0.393. The van der Waals surface area contributed by atoms with E-state index in [1.807, 2.05) is 10.8 Å². The molecule has 4 aromatic rings. The third-order valence-electron chi connectivity index (χ3n) is 7.66. The van der Waals surface area contributed by atoms with Gasteiger partial charge in [-0.2, -0.15) is 5.10 Å². The Hall–Kier alpha value is -3.91. The van der Waals surface area contributed by atoms with Crippen LogP contribution in [0.25, 0.3) is 28.0 Å². The van der Waals surface area contributed by atoms with Gasteiger partial charge in [0.05, 0.1) is 34.6 Å². The summed E-state index contributed by atoms with van der Waals surface area (Å²) in [7, 11) is -1.25. The predicted octanol–water partition coefficient (Wildman–Crippen LogP) is 3.87. The van der Waals surface area contributed by atoms with E-state index in [1.54, 1.807) is 30.2 Å². The minimum Gasteiger partial charge on any atom is -0.406 e. The van der Waals surface area contributed by atoms with E-state index in [-0.39, 0.29) is 28.4 Å². The average molecular weight is 605 g/mol. The number of benzene rings is 1. The number of primary amides is 1. The van der Waals surface area contributed by atoms with E-state index in [0.29, 0.717) is 53.9 Å². The van der Waals surface area contributed by atoms with Gasteiger partial charge in [0.2, 0.25) is 5.91 Å². The number of carbonyl (C=O) groups is 1. The van der Waals surface area contributed by atoms with Crippen LogP contribution in [-0.4, -0.2) is 75.1 Å². The quantitative estimate of drug-likeness (QED) is 0.324. The van der Waals surface area contributed by atoms with Crippen LogP contribution in [0.5, 0.6) is 5.75 Å². The summed E-state index contributed by atoms with van der Waals surface area (Å²) in [6.07, 6.45) is 1.73. The summed E-state index contributed by atoms with van der Waals surface area (Å²) in [5.74, 6) is -0.805. The second-order valence-electron chi connectivity index (χ2n) is 11.0. The third kappa shape index (κ3) is 6.28. The Morgan fingerprint density at radius 2 is 1.76 bits per heavy atom. The van der Waals surface area contributed by atoms with Crippen molar-refractivity contribution in [2.24, 2.45) is 12.8 Å². The minimum atomic E-state index is -4.82. The normalized spacial score (nSPS) is 16.1. The molecule has 1 amide bonds. The Kier molecular flexibility index (Phi) is 7.56. The number of alkyl halides is 3. The number of carbonyl (C=O) groups excluding carboxylic acids is 1. The number of ether oxygens (including phenoxy) is 1. The zero-order valence-corrected chi connectivity index (χ0v) is 24.2. The maximum absolute atomic E-state index is 12.8. The second kappa shape index (κ2) is 10.7. The summed E-state index contributed by atoms with van der Waals surface area (Å²) in [6.45, 7) is 5.06. The molecule has 0 unspecified atom stereocenters. The number of pyridine rings is 1. The molecule has 1 aromatic carbocycles. The van der Waals surface area contributed by atoms with Crippen LogP contribution in [0.15, 0.2) is 48.9 Å². The Labute approximate surface area is 240 Å². The molecule has 14 heteroatoms. The SMILES string of the molecule is Cn1cc(-n2cc(CCC(C)(C)N3CCS(=O)(=O)CC3)c3c(C(N)=O)cc(-c4ccc(OC(F)(F)F)cc4)nc32)cn1. The lowest BCUT2D eigenvalue weighted by Gasteiger charge is -2.41. The molecule has 0 radical (unpaired) electrons. The molecule has 0 aliphatic carbocycles. The van der Waals surface area contributed by atoms with Crippen LogP contribution >= 0.6 is 0 Å². The van der Waals surface area contributed by atoms with Gasteiger partial charge >= 0.3 is 6.36 Å². The number of sulfone groups is 1. The van der Waals surface area contributed by atoms with Crippen molar-refractivity contribution in [2.45, 2.75) is 38.6 Å². The molecule has 4 heterocycles. The van der Waals surface area contributed by atoms with Crippen molar-refractivity contribution in [2.75, 3.05) is 24.6 Å². The molecule has 1 fully saturated rings. The summed E-state index contributed by atoms with van der Waals surface area (Å²) < 4.78 is 69.3. The van der Waals surface area contributed by atoms with Gasteiger partial charge < -0.3 is 10.5 Å². The van der Waals surface area contributed by atoms with Crippen LogP contribution in [0.4, 0.5) is 13.2 Å². The van der Waals surface area contributed by atoms with Crippen molar-refractivity contribution in [3.8, 4) is 22.7 Å². The van der Waals surface area contributed by atoms with E-state index in [2.05, 4.69) is 28.6 Å². The summed E-state index contributed by atoms with van der Waals surface area (Å²) in [6, 6.07) is 6.76. The Balaban J connectivity index is 1.56. The maximum atomic E-state index is 12.8. The molecule has 0 atom stereocenters. The number of rotatable bonds is 8. The molecule has 5 rings (SSSR count). The molecule has 0 bridgehead atoms. The van der Waals surface area contributed by atoms with Crippen molar-refractivity contribution in [3.63, 3.8) is 0 Å². The number of hydrogen-bond acceptors (Lipinski definition) is 7. The van der Waals surface area contributed by atoms with Crippen LogP contribution in [-0.2, 0) is 23.3 Å². The van der Waals surface area contributed by atoms with E-state index >= 15 is 0 Å². The van der Waals surface area contributed by atoms with Crippen LogP contribution in [0.1, 0.15) is 36.2 Å². The van der Waals surface area contributed by atoms with Gasteiger partial charge in [-0.3, -0.25) is 18.9 Å². The maximum Gasteiger partial charge on any atom is 0.573 e. The second-order valence-corrected chi connectivity index (χ2v) is 13.3. The smallest absolute Gasteiger partial charge is 0.406 e. The highest BCUT2D eigenvalue weighted by Gasteiger charge is 2.33. The molecule has 2 N–H and O–H groups in total. The lowest BCUT2D eigenvalue weighted by Crippen LogP contribution is -2.51. The van der Waals surface area contributed by atoms with Crippen molar-refractivity contribution < 1.29 is 31.1 Å². The first kappa shape index (κ1) is 29.6. The Bertz CT molecular complexity index is 1730. The first-order chi connectivity index (χ1) is 19.6. The van der Waals surface area contributed by atoms with Gasteiger partial charge in [0.1, 0.15) is 11.4 Å². The van der Waals surface area contributed by atoms with Crippen molar-refractivity contribution in [1.29, 1.82) is 0 Å². The van der Waals surface area contributed by atoms with Gasteiger partial charge in [0.25, 0.3) is 0 Å². The van der Waals surface area contributed by atoms with Gasteiger partial charge in [0.15, 0.2) is 9.84 Å². The van der Waals surface area contributed by atoms with Gasteiger partial charge in [-0.25, -0.2) is 13.4 Å². The highest BCUT2D eigenvalue weighted by atomic mass is 32.2. The van der Waals surface area contributed by atoms with Crippen LogP contribution in [0.2, 0.25) is 0 Å². The molecule has 224 valence electrons. The molecule has 3 aromatic heterocycles. The van der Waals surface area contributed by atoms with E-state index < -0.39 is 22.1 Å². The van der Waals surface area contributed by atoms with Crippen LogP contribution in [0.3, 0.4) is 0 Å². The number of aryl methyl sites for hydroxylation is 2. The van der Waals surface area contributed by atoms with Crippen LogP contribution in [0, 0.1) is 0 Å². The largest absolute Gasteiger partial charge is 0.573 e. The number of hydrogen-bond donors (Lipinski definition) is 1. The van der Waals surface area contributed by atoms with Gasteiger partial charge in [0, 0.05) is 49.0 Å². The lowest BCUT2D eigenvalue weighted by atomic mass is 9.92. The number of nitrogens with zero attached hydrogens (tertiary/aromatic N) is 5. The molecule has 42 heavy (non-hydrogen) atoms. The zero-order chi connectivity index (χ0) is 30.4. The standard InChI is InChI=1S/C28H31F3N6O4S/c1-27(2,36-10-12-42(39,40)13-11-36)9-8-19-16-37(20-15-33-35(3)17-20)26-24(19)22(25(32)38)14-23(34-26)18-4-6-21(7-5-18)41-28(29,30)31/h4-7,14-17H,8-13H2,1-3H3,(H2,32,38). The summed E-state index contributed by atoms with van der Waals surface area (Å²) in [4.78, 5) is 19.8.